The van der Waals surface area contributed by atoms with Crippen LogP contribution in [-0.4, -0.2) is 40.5 Å². The highest BCUT2D eigenvalue weighted by molar-refractivity contribution is 5.96. The molecular weight excluding hydrogens is 347 g/mol. The minimum atomic E-state index is -1.23. The Morgan fingerprint density at radius 3 is 2.56 bits per heavy atom. The van der Waals surface area contributed by atoms with Crippen LogP contribution in [0.1, 0.15) is 45.7 Å². The van der Waals surface area contributed by atoms with Crippen molar-refractivity contribution < 1.29 is 19.1 Å². The number of halogens is 1. The van der Waals surface area contributed by atoms with Gasteiger partial charge in [-0.25, -0.2) is 9.18 Å². The van der Waals surface area contributed by atoms with Gasteiger partial charge in [0.15, 0.2) is 0 Å². The predicted octanol–water partition coefficient (Wildman–Crippen LogP) is 3.09. The van der Waals surface area contributed by atoms with E-state index >= 15 is 0 Å². The zero-order chi connectivity index (χ0) is 19.6. The number of nitrogens with one attached hydrogen (secondary N) is 1. The van der Waals surface area contributed by atoms with Crippen molar-refractivity contribution in [1.82, 2.24) is 10.2 Å². The number of carbonyl (C=O) groups excluding carboxylic acids is 1. The van der Waals surface area contributed by atoms with Crippen LogP contribution in [0.3, 0.4) is 0 Å². The van der Waals surface area contributed by atoms with Crippen LogP contribution in [0.25, 0.3) is 0 Å². The first-order chi connectivity index (χ1) is 12.8. The van der Waals surface area contributed by atoms with Crippen molar-refractivity contribution in [2.24, 2.45) is 0 Å². The number of rotatable bonds is 5. The summed E-state index contributed by atoms with van der Waals surface area (Å²) in [5.41, 5.74) is 2.00. The van der Waals surface area contributed by atoms with Gasteiger partial charge in [0.2, 0.25) is 0 Å². The number of carboxylic acids is 1. The van der Waals surface area contributed by atoms with Crippen molar-refractivity contribution in [2.45, 2.75) is 32.4 Å². The molecular formula is C21H23FN2O3. The maximum absolute atomic E-state index is 14.1. The molecule has 1 aliphatic rings. The summed E-state index contributed by atoms with van der Waals surface area (Å²) in [5.74, 6) is -2.61. The number of nitrogens with zero attached hydrogens (tertiary/aromatic N) is 1. The summed E-state index contributed by atoms with van der Waals surface area (Å²) < 4.78 is 14.1. The molecule has 0 spiro atoms. The second kappa shape index (κ2) is 7.48. The van der Waals surface area contributed by atoms with E-state index < -0.39 is 17.7 Å². The third-order valence-corrected chi connectivity index (χ3v) is 5.13. The Morgan fingerprint density at radius 2 is 1.89 bits per heavy atom. The average Bonchev–Trinajstić information content (AvgIpc) is 2.65. The maximum Gasteiger partial charge on any atom is 0.335 e. The first-order valence-electron chi connectivity index (χ1n) is 8.91. The second-order valence-corrected chi connectivity index (χ2v) is 7.44. The smallest absolute Gasteiger partial charge is 0.335 e. The molecule has 0 radical (unpaired) electrons. The fraction of sp³-hybridized carbons (Fsp3) is 0.333. The van der Waals surface area contributed by atoms with Crippen LogP contribution < -0.4 is 5.32 Å². The Hall–Kier alpha value is -2.73. The van der Waals surface area contributed by atoms with Crippen molar-refractivity contribution >= 4 is 11.9 Å². The highest BCUT2D eigenvalue weighted by atomic mass is 19.1. The number of hydrogen-bond acceptors (Lipinski definition) is 3. The zero-order valence-corrected chi connectivity index (χ0v) is 15.5. The van der Waals surface area contributed by atoms with Gasteiger partial charge >= 0.3 is 5.97 Å². The van der Waals surface area contributed by atoms with E-state index in [0.29, 0.717) is 6.54 Å². The molecule has 0 unspecified atom stereocenters. The van der Waals surface area contributed by atoms with Gasteiger partial charge in [0.25, 0.3) is 5.91 Å². The number of amides is 1. The largest absolute Gasteiger partial charge is 0.478 e. The Kier molecular flexibility index (Phi) is 5.28. The average molecular weight is 370 g/mol. The van der Waals surface area contributed by atoms with Gasteiger partial charge in [-0.15, -0.1) is 0 Å². The fourth-order valence-electron chi connectivity index (χ4n) is 3.35. The van der Waals surface area contributed by atoms with Gasteiger partial charge < -0.3 is 10.4 Å². The maximum atomic E-state index is 14.1. The van der Waals surface area contributed by atoms with Gasteiger partial charge in [0.1, 0.15) is 5.82 Å². The zero-order valence-electron chi connectivity index (χ0n) is 15.5. The molecule has 2 N–H and O–H groups in total. The van der Waals surface area contributed by atoms with Crippen molar-refractivity contribution in [3.05, 3.63) is 70.5 Å². The first-order valence-corrected chi connectivity index (χ1v) is 8.91. The van der Waals surface area contributed by atoms with Crippen LogP contribution in [0.4, 0.5) is 4.39 Å². The summed E-state index contributed by atoms with van der Waals surface area (Å²) in [7, 11) is 0. The van der Waals surface area contributed by atoms with Crippen LogP contribution in [0, 0.1) is 5.82 Å². The van der Waals surface area contributed by atoms with E-state index in [1.807, 2.05) is 26.0 Å². The summed E-state index contributed by atoms with van der Waals surface area (Å²) >= 11 is 0. The molecule has 142 valence electrons. The number of benzene rings is 2. The summed E-state index contributed by atoms with van der Waals surface area (Å²) in [6.07, 6.45) is 0.957. The van der Waals surface area contributed by atoms with Gasteiger partial charge in [0.05, 0.1) is 11.1 Å². The number of fused-ring (bicyclic) bond motifs is 1. The Labute approximate surface area is 157 Å². The van der Waals surface area contributed by atoms with Crippen molar-refractivity contribution in [2.75, 3.05) is 13.1 Å². The normalized spacial score (nSPS) is 14.5. The third kappa shape index (κ3) is 4.17. The lowest BCUT2D eigenvalue weighted by Gasteiger charge is -2.41. The number of hydrogen-bond donors (Lipinski definition) is 2. The third-order valence-electron chi connectivity index (χ3n) is 5.13. The molecule has 0 aliphatic carbocycles. The van der Waals surface area contributed by atoms with E-state index in [9.17, 15) is 14.0 Å². The van der Waals surface area contributed by atoms with Crippen LogP contribution in [0.15, 0.2) is 42.5 Å². The van der Waals surface area contributed by atoms with E-state index in [1.54, 1.807) is 0 Å². The number of carboxylic acid groups (broad SMARTS) is 1. The first kappa shape index (κ1) is 19.0. The van der Waals surface area contributed by atoms with E-state index in [4.69, 9.17) is 5.11 Å². The number of aromatic carboxylic acids is 1. The Morgan fingerprint density at radius 1 is 1.19 bits per heavy atom. The van der Waals surface area contributed by atoms with Crippen LogP contribution in [-0.2, 0) is 13.0 Å². The quantitative estimate of drug-likeness (QED) is 0.849. The van der Waals surface area contributed by atoms with Crippen LogP contribution in [0.5, 0.6) is 0 Å². The van der Waals surface area contributed by atoms with Gasteiger partial charge in [0, 0.05) is 25.2 Å². The molecule has 0 aromatic heterocycles. The van der Waals surface area contributed by atoms with E-state index in [-0.39, 0.29) is 16.7 Å². The summed E-state index contributed by atoms with van der Waals surface area (Å²) in [6, 6.07) is 11.6. The lowest BCUT2D eigenvalue weighted by Crippen LogP contribution is -2.53. The molecule has 3 rings (SSSR count). The van der Waals surface area contributed by atoms with E-state index in [2.05, 4.69) is 22.3 Å². The molecule has 0 saturated carbocycles. The fourth-order valence-corrected chi connectivity index (χ4v) is 3.35. The predicted molar refractivity (Wildman–Crippen MR) is 100 cm³/mol. The molecule has 0 atom stereocenters. The minimum Gasteiger partial charge on any atom is -0.478 e. The van der Waals surface area contributed by atoms with Crippen LogP contribution >= 0.6 is 0 Å². The van der Waals surface area contributed by atoms with Crippen LogP contribution in [0.2, 0.25) is 0 Å². The molecule has 5 nitrogen and oxygen atoms in total. The van der Waals surface area contributed by atoms with Gasteiger partial charge in [-0.1, -0.05) is 24.3 Å². The topological polar surface area (TPSA) is 69.6 Å². The molecule has 2 aromatic carbocycles. The standard InChI is InChI=1S/C21H23FN2O3/c1-21(2,24-10-9-14-5-3-4-6-16(14)12-24)13-23-19(25)17-8-7-15(20(26)27)11-18(17)22/h3-8,11H,9-10,12-13H2,1-2H3,(H,23,25)(H,26,27). The minimum absolute atomic E-state index is 0.153. The Balaban J connectivity index is 1.65. The molecule has 2 aromatic rings. The van der Waals surface area contributed by atoms with E-state index in [0.717, 1.165) is 25.6 Å². The molecule has 0 saturated heterocycles. The summed E-state index contributed by atoms with van der Waals surface area (Å²) in [5, 5.41) is 11.7. The monoisotopic (exact) mass is 370 g/mol. The van der Waals surface area contributed by atoms with E-state index in [1.165, 1.54) is 23.3 Å². The molecule has 1 aliphatic heterocycles. The molecule has 1 amide bonds. The van der Waals surface area contributed by atoms with Crippen molar-refractivity contribution in [3.63, 3.8) is 0 Å². The van der Waals surface area contributed by atoms with Crippen molar-refractivity contribution in [1.29, 1.82) is 0 Å². The van der Waals surface area contributed by atoms with Gasteiger partial charge in [-0.05, 0) is 49.6 Å². The molecule has 0 bridgehead atoms. The lowest BCUT2D eigenvalue weighted by molar-refractivity contribution is 0.0695. The highest BCUT2D eigenvalue weighted by Crippen LogP contribution is 2.25. The van der Waals surface area contributed by atoms with Crippen molar-refractivity contribution in [3.8, 4) is 0 Å². The summed E-state index contributed by atoms with van der Waals surface area (Å²) in [4.78, 5) is 25.5. The Bertz CT molecular complexity index is 879. The number of carbonyl (C=O) groups is 2. The summed E-state index contributed by atoms with van der Waals surface area (Å²) in [6.45, 7) is 6.15. The highest BCUT2D eigenvalue weighted by Gasteiger charge is 2.30. The lowest BCUT2D eigenvalue weighted by atomic mass is 9.94. The SMILES string of the molecule is CC(C)(CNC(=O)c1ccc(C(=O)O)cc1F)N1CCc2ccccc2C1. The molecule has 1 heterocycles. The van der Waals surface area contributed by atoms with Gasteiger partial charge in [-0.2, -0.15) is 0 Å². The second-order valence-electron chi connectivity index (χ2n) is 7.44. The molecule has 0 fully saturated rings. The molecule has 6 heteroatoms. The molecule has 27 heavy (non-hydrogen) atoms. The van der Waals surface area contributed by atoms with Gasteiger partial charge in [-0.3, -0.25) is 9.69 Å².